The summed E-state index contributed by atoms with van der Waals surface area (Å²) in [6.45, 7) is 0. The Bertz CT molecular complexity index is 511. The third-order valence-corrected chi connectivity index (χ3v) is 2.44. The fraction of sp³-hybridized carbons (Fsp3) is 0. The highest BCUT2D eigenvalue weighted by molar-refractivity contribution is 9.10. The zero-order chi connectivity index (χ0) is 11.5. The van der Waals surface area contributed by atoms with Gasteiger partial charge in [0.2, 0.25) is 0 Å². The average Bonchev–Trinajstić information content (AvgIpc) is 2.75. The Kier molecular flexibility index (Phi) is 2.86. The lowest BCUT2D eigenvalue weighted by Crippen LogP contribution is -2.14. The van der Waals surface area contributed by atoms with E-state index in [2.05, 4.69) is 36.4 Å². The Morgan fingerprint density at radius 2 is 2.38 bits per heavy atom. The molecule has 0 unspecified atom stereocenters. The van der Waals surface area contributed by atoms with Crippen molar-refractivity contribution in [3.63, 3.8) is 0 Å². The summed E-state index contributed by atoms with van der Waals surface area (Å²) in [5.74, 6) is 0.101. The van der Waals surface area contributed by atoms with Gasteiger partial charge in [0.25, 0.3) is 5.91 Å². The SMILES string of the molecule is Nc1cnc(NC(=O)c2ccn[nH]2)c(Br)c1. The van der Waals surface area contributed by atoms with Crippen LogP contribution >= 0.6 is 15.9 Å². The van der Waals surface area contributed by atoms with Gasteiger partial charge in [0, 0.05) is 6.20 Å². The fourth-order valence-electron chi connectivity index (χ4n) is 1.10. The smallest absolute Gasteiger partial charge is 0.274 e. The van der Waals surface area contributed by atoms with Crippen molar-refractivity contribution in [2.75, 3.05) is 11.1 Å². The molecule has 7 heteroatoms. The third-order valence-electron chi connectivity index (χ3n) is 1.84. The zero-order valence-electron chi connectivity index (χ0n) is 8.07. The van der Waals surface area contributed by atoms with Crippen LogP contribution in [0.4, 0.5) is 11.5 Å². The largest absolute Gasteiger partial charge is 0.397 e. The van der Waals surface area contributed by atoms with Gasteiger partial charge < -0.3 is 11.1 Å². The van der Waals surface area contributed by atoms with Gasteiger partial charge in [-0.3, -0.25) is 9.89 Å². The minimum atomic E-state index is -0.310. The van der Waals surface area contributed by atoms with E-state index < -0.39 is 0 Å². The van der Waals surface area contributed by atoms with Gasteiger partial charge in [-0.05, 0) is 28.1 Å². The average molecular weight is 282 g/mol. The van der Waals surface area contributed by atoms with Crippen molar-refractivity contribution in [3.05, 3.63) is 34.7 Å². The van der Waals surface area contributed by atoms with E-state index in [-0.39, 0.29) is 5.91 Å². The van der Waals surface area contributed by atoms with Gasteiger partial charge in [-0.15, -0.1) is 0 Å². The highest BCUT2D eigenvalue weighted by atomic mass is 79.9. The fourth-order valence-corrected chi connectivity index (χ4v) is 1.57. The van der Waals surface area contributed by atoms with Crippen LogP contribution in [0.1, 0.15) is 10.5 Å². The van der Waals surface area contributed by atoms with Crippen molar-refractivity contribution >= 4 is 33.3 Å². The van der Waals surface area contributed by atoms with E-state index in [1.54, 1.807) is 12.1 Å². The third kappa shape index (κ3) is 2.19. The molecule has 0 spiro atoms. The molecule has 0 radical (unpaired) electrons. The lowest BCUT2D eigenvalue weighted by atomic mass is 10.4. The highest BCUT2D eigenvalue weighted by Crippen LogP contribution is 2.21. The summed E-state index contributed by atoms with van der Waals surface area (Å²) in [5.41, 5.74) is 6.42. The molecule has 0 saturated carbocycles. The molecule has 82 valence electrons. The maximum Gasteiger partial charge on any atom is 0.274 e. The summed E-state index contributed by atoms with van der Waals surface area (Å²) < 4.78 is 0.625. The number of nitrogens with one attached hydrogen (secondary N) is 2. The lowest BCUT2D eigenvalue weighted by Gasteiger charge is -2.05. The normalized spacial score (nSPS) is 10.1. The topological polar surface area (TPSA) is 96.7 Å². The van der Waals surface area contributed by atoms with Gasteiger partial charge in [0.05, 0.1) is 16.4 Å². The number of nitrogens with zero attached hydrogens (tertiary/aromatic N) is 2. The highest BCUT2D eigenvalue weighted by Gasteiger charge is 2.10. The molecule has 1 amide bonds. The van der Waals surface area contributed by atoms with Crippen LogP contribution in [-0.4, -0.2) is 21.1 Å². The van der Waals surface area contributed by atoms with E-state index in [4.69, 9.17) is 5.73 Å². The quantitative estimate of drug-likeness (QED) is 0.775. The second-order valence-corrected chi connectivity index (χ2v) is 3.88. The minimum absolute atomic E-state index is 0.310. The first-order valence-corrected chi connectivity index (χ1v) is 5.18. The zero-order valence-corrected chi connectivity index (χ0v) is 9.65. The number of H-pyrrole nitrogens is 1. The standard InChI is InChI=1S/C9H8BrN5O/c10-6-3-5(11)4-12-8(6)14-9(16)7-1-2-13-15-7/h1-4H,11H2,(H,13,15)(H,12,14,16). The maximum atomic E-state index is 11.6. The van der Waals surface area contributed by atoms with E-state index in [0.717, 1.165) is 0 Å². The van der Waals surface area contributed by atoms with Crippen LogP contribution in [0.3, 0.4) is 0 Å². The summed E-state index contributed by atoms with van der Waals surface area (Å²) in [6.07, 6.45) is 2.97. The lowest BCUT2D eigenvalue weighted by molar-refractivity contribution is 0.102. The summed E-state index contributed by atoms with van der Waals surface area (Å²) in [6, 6.07) is 3.23. The molecule has 0 aliphatic rings. The van der Waals surface area contributed by atoms with Gasteiger partial charge in [0.15, 0.2) is 0 Å². The van der Waals surface area contributed by atoms with Crippen molar-refractivity contribution in [1.29, 1.82) is 0 Å². The first-order valence-electron chi connectivity index (χ1n) is 4.38. The van der Waals surface area contributed by atoms with E-state index in [1.807, 2.05) is 0 Å². The van der Waals surface area contributed by atoms with Crippen LogP contribution in [0.25, 0.3) is 0 Å². The number of hydrogen-bond donors (Lipinski definition) is 3. The Balaban J connectivity index is 2.18. The molecule has 0 bridgehead atoms. The van der Waals surface area contributed by atoms with Crippen LogP contribution in [0.5, 0.6) is 0 Å². The maximum absolute atomic E-state index is 11.6. The van der Waals surface area contributed by atoms with E-state index in [1.165, 1.54) is 12.4 Å². The Labute approximate surface area is 99.4 Å². The van der Waals surface area contributed by atoms with Gasteiger partial charge in [0.1, 0.15) is 11.5 Å². The number of carbonyl (C=O) groups is 1. The summed E-state index contributed by atoms with van der Waals surface area (Å²) >= 11 is 3.26. The summed E-state index contributed by atoms with van der Waals surface area (Å²) in [5, 5.41) is 8.86. The number of nitrogen functional groups attached to an aromatic ring is 1. The number of rotatable bonds is 2. The Hall–Kier alpha value is -1.89. The number of halogens is 1. The molecule has 16 heavy (non-hydrogen) atoms. The van der Waals surface area contributed by atoms with Crippen LogP contribution in [0.15, 0.2) is 29.0 Å². The summed E-state index contributed by atoms with van der Waals surface area (Å²) in [7, 11) is 0. The monoisotopic (exact) mass is 281 g/mol. The number of hydrogen-bond acceptors (Lipinski definition) is 4. The molecule has 0 aromatic carbocycles. The molecule has 2 heterocycles. The summed E-state index contributed by atoms with van der Waals surface area (Å²) in [4.78, 5) is 15.6. The number of nitrogens with two attached hydrogens (primary N) is 1. The molecule has 6 nitrogen and oxygen atoms in total. The molecule has 4 N–H and O–H groups in total. The molecule has 2 aromatic heterocycles. The second kappa shape index (κ2) is 4.31. The molecule has 0 atom stereocenters. The Morgan fingerprint density at radius 3 is 3.00 bits per heavy atom. The van der Waals surface area contributed by atoms with Crippen molar-refractivity contribution in [1.82, 2.24) is 15.2 Å². The number of anilines is 2. The number of aromatic amines is 1. The molecule has 0 fully saturated rings. The molecular weight excluding hydrogens is 274 g/mol. The predicted octanol–water partition coefficient (Wildman–Crippen LogP) is 1.40. The molecule has 0 saturated heterocycles. The van der Waals surface area contributed by atoms with Crippen LogP contribution in [0, 0.1) is 0 Å². The van der Waals surface area contributed by atoms with Gasteiger partial charge >= 0.3 is 0 Å². The number of carbonyl (C=O) groups excluding carboxylic acids is 1. The van der Waals surface area contributed by atoms with E-state index in [0.29, 0.717) is 21.7 Å². The van der Waals surface area contributed by atoms with Crippen molar-refractivity contribution in [3.8, 4) is 0 Å². The van der Waals surface area contributed by atoms with E-state index >= 15 is 0 Å². The van der Waals surface area contributed by atoms with Crippen LogP contribution in [-0.2, 0) is 0 Å². The molecule has 0 aliphatic heterocycles. The van der Waals surface area contributed by atoms with Crippen molar-refractivity contribution < 1.29 is 4.79 Å². The van der Waals surface area contributed by atoms with Crippen molar-refractivity contribution in [2.45, 2.75) is 0 Å². The first kappa shape index (κ1) is 10.6. The van der Waals surface area contributed by atoms with Crippen molar-refractivity contribution in [2.24, 2.45) is 0 Å². The Morgan fingerprint density at radius 1 is 1.56 bits per heavy atom. The molecule has 2 aromatic rings. The second-order valence-electron chi connectivity index (χ2n) is 3.02. The number of pyridine rings is 1. The van der Waals surface area contributed by atoms with E-state index in [9.17, 15) is 4.79 Å². The van der Waals surface area contributed by atoms with Crippen LogP contribution in [0.2, 0.25) is 0 Å². The number of amides is 1. The predicted molar refractivity (Wildman–Crippen MR) is 62.9 cm³/mol. The molecule has 2 rings (SSSR count). The van der Waals surface area contributed by atoms with Crippen LogP contribution < -0.4 is 11.1 Å². The first-order chi connectivity index (χ1) is 7.66. The van der Waals surface area contributed by atoms with Gasteiger partial charge in [-0.2, -0.15) is 5.10 Å². The van der Waals surface area contributed by atoms with Gasteiger partial charge in [-0.1, -0.05) is 0 Å². The number of aromatic nitrogens is 3. The minimum Gasteiger partial charge on any atom is -0.397 e. The molecular formula is C9H8BrN5O. The van der Waals surface area contributed by atoms with Gasteiger partial charge in [-0.25, -0.2) is 4.98 Å². The molecule has 0 aliphatic carbocycles.